The van der Waals surface area contributed by atoms with Crippen LogP contribution in [0.5, 0.6) is 0 Å². The maximum absolute atomic E-state index is 5.55. The van der Waals surface area contributed by atoms with E-state index in [4.69, 9.17) is 15.0 Å². The Morgan fingerprint density at radius 2 is 0.859 bits per heavy atom. The standard InChI is InChI=1S/C58H32BN5/c1-3-16-33(17-4-1)55-60-56(34-18-5-2-6-19-34)62-57(61-55)41-32-45-54-49-53(41)63-48-31-12-9-22-37(48)38-24-14-29-46(51(38)63)59(49)47-30-15-25-40-39-23-13-28-44(50(39)64(54)52(40)47)58(45)42-26-10-7-20-35(42)36-21-8-11-27-43(36)58/h1-32H. The summed E-state index contributed by atoms with van der Waals surface area (Å²) in [6, 6.07) is 71.4. The lowest BCUT2D eigenvalue weighted by Crippen LogP contribution is -2.60. The molecule has 3 aromatic heterocycles. The van der Waals surface area contributed by atoms with E-state index in [-0.39, 0.29) is 6.71 Å². The minimum absolute atomic E-state index is 0.0563. The van der Waals surface area contributed by atoms with Gasteiger partial charge in [-0.15, -0.1) is 0 Å². The first kappa shape index (κ1) is 33.3. The fourth-order valence-electron chi connectivity index (χ4n) is 12.7. The van der Waals surface area contributed by atoms with Crippen LogP contribution in [0, 0.1) is 0 Å². The summed E-state index contributed by atoms with van der Waals surface area (Å²) in [7, 11) is 0. The number of nitrogens with zero attached hydrogens (tertiary/aromatic N) is 5. The molecular formula is C58H32BN5. The van der Waals surface area contributed by atoms with Gasteiger partial charge in [0.05, 0.1) is 22.1 Å². The quantitative estimate of drug-likeness (QED) is 0.167. The molecule has 5 nitrogen and oxygen atoms in total. The van der Waals surface area contributed by atoms with Crippen molar-refractivity contribution in [1.29, 1.82) is 0 Å². The number of hydrogen-bond acceptors (Lipinski definition) is 3. The van der Waals surface area contributed by atoms with E-state index < -0.39 is 5.41 Å². The van der Waals surface area contributed by atoms with Crippen molar-refractivity contribution in [1.82, 2.24) is 24.1 Å². The Labute approximate surface area is 367 Å². The average Bonchev–Trinajstić information content (AvgIpc) is 3.99. The van der Waals surface area contributed by atoms with Crippen LogP contribution in [-0.4, -0.2) is 30.8 Å². The Morgan fingerprint density at radius 1 is 0.359 bits per heavy atom. The SMILES string of the molecule is c1ccc(-c2nc(-c3ccccc3)nc(-c3cc4c5c6c3-n3c7ccccc7c7cccc(c73)B6c3cccc6c7cccc(c7n-5c36)C43c4ccccc4-c4ccccc43)n2)cc1. The fraction of sp³-hybridized carbons (Fsp3) is 0.0172. The van der Waals surface area contributed by atoms with Crippen LogP contribution in [-0.2, 0) is 5.41 Å². The Bertz CT molecular complexity index is 3990. The van der Waals surface area contributed by atoms with E-state index >= 15 is 0 Å². The first-order valence-electron chi connectivity index (χ1n) is 22.2. The van der Waals surface area contributed by atoms with Gasteiger partial charge in [-0.3, -0.25) is 0 Å². The third kappa shape index (κ3) is 3.77. The monoisotopic (exact) mass is 809 g/mol. The van der Waals surface area contributed by atoms with Gasteiger partial charge in [0.15, 0.2) is 17.5 Å². The predicted octanol–water partition coefficient (Wildman–Crippen LogP) is 10.9. The number of fused-ring (bicyclic) bond motifs is 14. The van der Waals surface area contributed by atoms with Crippen LogP contribution in [0.1, 0.15) is 22.3 Å². The summed E-state index contributed by atoms with van der Waals surface area (Å²) in [5.74, 6) is 1.95. The van der Waals surface area contributed by atoms with Gasteiger partial charge in [0.25, 0.3) is 6.71 Å². The summed E-state index contributed by atoms with van der Waals surface area (Å²) in [5.41, 5.74) is 21.3. The van der Waals surface area contributed by atoms with Crippen molar-refractivity contribution in [3.05, 3.63) is 216 Å². The van der Waals surface area contributed by atoms with E-state index in [0.29, 0.717) is 17.5 Å². The lowest BCUT2D eigenvalue weighted by Gasteiger charge is -2.44. The first-order chi connectivity index (χ1) is 31.8. The zero-order valence-corrected chi connectivity index (χ0v) is 34.3. The van der Waals surface area contributed by atoms with Gasteiger partial charge >= 0.3 is 0 Å². The van der Waals surface area contributed by atoms with E-state index in [1.807, 2.05) is 12.1 Å². The molecule has 0 atom stereocenters. The van der Waals surface area contributed by atoms with Gasteiger partial charge in [-0.05, 0) is 61.9 Å². The highest BCUT2D eigenvalue weighted by atomic mass is 15.1. The molecule has 0 radical (unpaired) electrons. The highest BCUT2D eigenvalue weighted by Gasteiger charge is 2.54. The number of hydrogen-bond donors (Lipinski definition) is 0. The molecule has 1 aliphatic carbocycles. The third-order valence-electron chi connectivity index (χ3n) is 14.9. The van der Waals surface area contributed by atoms with E-state index in [1.54, 1.807) is 0 Å². The van der Waals surface area contributed by atoms with Crippen LogP contribution in [0.4, 0.5) is 0 Å². The number of para-hydroxylation sites is 4. The van der Waals surface area contributed by atoms with Crippen molar-refractivity contribution in [3.63, 3.8) is 0 Å². The summed E-state index contributed by atoms with van der Waals surface area (Å²) >= 11 is 0. The van der Waals surface area contributed by atoms with Gasteiger partial charge in [0.1, 0.15) is 0 Å². The second-order valence-electron chi connectivity index (χ2n) is 17.8. The largest absolute Gasteiger partial charge is 0.310 e. The highest BCUT2D eigenvalue weighted by Crippen LogP contribution is 2.62. The normalized spacial score (nSPS) is 14.0. The molecule has 16 rings (SSSR count). The van der Waals surface area contributed by atoms with Crippen LogP contribution in [0.2, 0.25) is 0 Å². The summed E-state index contributed by atoms with van der Waals surface area (Å²) in [6.45, 7) is -0.0563. The van der Waals surface area contributed by atoms with Crippen LogP contribution < -0.4 is 16.4 Å². The maximum atomic E-state index is 5.55. The lowest BCUT2D eigenvalue weighted by molar-refractivity contribution is 0.749. The molecule has 0 fully saturated rings. The van der Waals surface area contributed by atoms with Crippen LogP contribution in [0.15, 0.2) is 194 Å². The van der Waals surface area contributed by atoms with Crippen molar-refractivity contribution in [2.24, 2.45) is 0 Å². The van der Waals surface area contributed by atoms with Gasteiger partial charge in [0, 0.05) is 55.0 Å². The topological polar surface area (TPSA) is 48.5 Å². The van der Waals surface area contributed by atoms with Gasteiger partial charge in [0.2, 0.25) is 0 Å². The summed E-state index contributed by atoms with van der Waals surface area (Å²) in [5, 5.41) is 5.08. The Balaban J connectivity index is 1.18. The molecule has 0 saturated carbocycles. The van der Waals surface area contributed by atoms with Gasteiger partial charge in [-0.2, -0.15) is 0 Å². The molecule has 0 N–H and O–H groups in total. The molecule has 1 spiro atoms. The summed E-state index contributed by atoms with van der Waals surface area (Å²) in [4.78, 5) is 16.3. The molecule has 0 unspecified atom stereocenters. The fourth-order valence-corrected chi connectivity index (χ4v) is 12.7. The first-order valence-corrected chi connectivity index (χ1v) is 22.2. The number of benzene rings is 9. The summed E-state index contributed by atoms with van der Waals surface area (Å²) in [6.07, 6.45) is 0. The average molecular weight is 810 g/mol. The Hall–Kier alpha value is -8.35. The van der Waals surface area contributed by atoms with E-state index in [2.05, 4.69) is 191 Å². The Morgan fingerprint density at radius 3 is 1.53 bits per heavy atom. The summed E-state index contributed by atoms with van der Waals surface area (Å²) < 4.78 is 5.22. The van der Waals surface area contributed by atoms with Gasteiger partial charge in [-0.25, -0.2) is 15.0 Å². The Kier molecular flexibility index (Phi) is 6.02. The van der Waals surface area contributed by atoms with Crippen LogP contribution >= 0.6 is 0 Å². The van der Waals surface area contributed by atoms with Crippen molar-refractivity contribution < 1.29 is 0 Å². The third-order valence-corrected chi connectivity index (χ3v) is 14.9. The van der Waals surface area contributed by atoms with E-state index in [1.165, 1.54) is 99.1 Å². The molecule has 6 heteroatoms. The van der Waals surface area contributed by atoms with E-state index in [9.17, 15) is 0 Å². The second-order valence-corrected chi connectivity index (χ2v) is 17.8. The van der Waals surface area contributed by atoms with Gasteiger partial charge < -0.3 is 9.13 Å². The molecule has 0 bridgehead atoms. The molecule has 3 aliphatic heterocycles. The molecule has 64 heavy (non-hydrogen) atoms. The number of aromatic nitrogens is 5. The molecule has 6 heterocycles. The number of rotatable bonds is 3. The van der Waals surface area contributed by atoms with Crippen molar-refractivity contribution >= 4 is 66.7 Å². The van der Waals surface area contributed by atoms with Gasteiger partial charge in [-0.1, -0.05) is 182 Å². The van der Waals surface area contributed by atoms with Crippen LogP contribution in [0.3, 0.4) is 0 Å². The van der Waals surface area contributed by atoms with Crippen molar-refractivity contribution in [2.75, 3.05) is 0 Å². The highest BCUT2D eigenvalue weighted by molar-refractivity contribution is 7.00. The molecule has 0 amide bonds. The van der Waals surface area contributed by atoms with Crippen LogP contribution in [0.25, 0.3) is 100 Å². The minimum atomic E-state index is -0.638. The molecule has 0 saturated heterocycles. The van der Waals surface area contributed by atoms with Crippen molar-refractivity contribution in [3.8, 4) is 56.7 Å². The predicted molar refractivity (Wildman–Crippen MR) is 260 cm³/mol. The van der Waals surface area contributed by atoms with E-state index in [0.717, 1.165) is 22.4 Å². The zero-order chi connectivity index (χ0) is 41.4. The van der Waals surface area contributed by atoms with Crippen molar-refractivity contribution in [2.45, 2.75) is 5.41 Å². The molecule has 9 aromatic carbocycles. The smallest absolute Gasteiger partial charge is 0.252 e. The minimum Gasteiger partial charge on any atom is -0.310 e. The second kappa shape index (κ2) is 11.6. The molecule has 292 valence electrons. The lowest BCUT2D eigenvalue weighted by atomic mass is 9.33. The molecule has 12 aromatic rings. The molecule has 4 aliphatic rings. The maximum Gasteiger partial charge on any atom is 0.252 e. The molecular weight excluding hydrogens is 777 g/mol. The zero-order valence-electron chi connectivity index (χ0n) is 34.3.